The van der Waals surface area contributed by atoms with E-state index < -0.39 is 22.6 Å². The maximum Gasteiger partial charge on any atom is 0.266 e. The van der Waals surface area contributed by atoms with Crippen molar-refractivity contribution in [3.8, 4) is 16.9 Å². The molecule has 1 fully saturated rings. The highest BCUT2D eigenvalue weighted by Crippen LogP contribution is 2.40. The average molecular weight is 648 g/mol. The second kappa shape index (κ2) is 14.6. The summed E-state index contributed by atoms with van der Waals surface area (Å²) in [5, 5.41) is -0.101. The SMILES string of the molecule is CN.COc1ccc(-c2ccc(N(C)S(C)=O)cc2)cc1CN(C(=O)c1sc2c(F)ccc(F)c2c1Cl)C1CCCCC1. The lowest BCUT2D eigenvalue weighted by Gasteiger charge is -2.34. The second-order valence-corrected chi connectivity index (χ2v) is 13.0. The molecule has 1 heterocycles. The van der Waals surface area contributed by atoms with Crippen LogP contribution in [0.1, 0.15) is 47.3 Å². The molecule has 1 aromatic heterocycles. The first-order valence-electron chi connectivity index (χ1n) is 14.0. The quantitative estimate of drug-likeness (QED) is 0.212. The summed E-state index contributed by atoms with van der Waals surface area (Å²) in [7, 11) is 3.74. The lowest BCUT2D eigenvalue weighted by atomic mass is 9.93. The van der Waals surface area contributed by atoms with Crippen molar-refractivity contribution in [1.82, 2.24) is 4.90 Å². The minimum atomic E-state index is -1.13. The molecule has 0 saturated heterocycles. The van der Waals surface area contributed by atoms with E-state index >= 15 is 0 Å². The molecule has 230 valence electrons. The highest BCUT2D eigenvalue weighted by Gasteiger charge is 2.31. The number of fused-ring (bicyclic) bond motifs is 1. The Morgan fingerprint density at radius 2 is 1.65 bits per heavy atom. The van der Waals surface area contributed by atoms with Gasteiger partial charge in [0, 0.05) is 37.1 Å². The van der Waals surface area contributed by atoms with E-state index in [1.807, 2.05) is 42.5 Å². The van der Waals surface area contributed by atoms with Crippen LogP contribution in [0.2, 0.25) is 5.02 Å². The molecule has 4 aromatic rings. The van der Waals surface area contributed by atoms with E-state index in [-0.39, 0.29) is 38.5 Å². The Labute approximate surface area is 263 Å². The number of anilines is 1. The van der Waals surface area contributed by atoms with Gasteiger partial charge >= 0.3 is 0 Å². The van der Waals surface area contributed by atoms with Gasteiger partial charge in [-0.2, -0.15) is 0 Å². The Morgan fingerprint density at radius 1 is 1.02 bits per heavy atom. The van der Waals surface area contributed by atoms with Gasteiger partial charge in [0.25, 0.3) is 5.91 Å². The summed E-state index contributed by atoms with van der Waals surface area (Å²) in [6.07, 6.45) is 6.41. The molecule has 0 bridgehead atoms. The largest absolute Gasteiger partial charge is 0.496 e. The highest BCUT2D eigenvalue weighted by molar-refractivity contribution is 7.85. The molecule has 1 atom stereocenters. The molecule has 43 heavy (non-hydrogen) atoms. The molecular formula is C32H36ClF2N3O3S2. The van der Waals surface area contributed by atoms with E-state index in [4.69, 9.17) is 16.3 Å². The summed E-state index contributed by atoms with van der Waals surface area (Å²) < 4.78 is 48.5. The number of rotatable bonds is 8. The van der Waals surface area contributed by atoms with E-state index in [1.165, 1.54) is 7.05 Å². The summed E-state index contributed by atoms with van der Waals surface area (Å²) >= 11 is 7.44. The maximum absolute atomic E-state index is 14.6. The number of nitrogens with two attached hydrogens (primary N) is 1. The molecule has 5 rings (SSSR count). The van der Waals surface area contributed by atoms with E-state index in [0.29, 0.717) is 5.75 Å². The Kier molecular flexibility index (Phi) is 11.2. The van der Waals surface area contributed by atoms with Gasteiger partial charge in [-0.1, -0.05) is 49.1 Å². The number of carbonyl (C=O) groups excluding carboxylic acids is 1. The van der Waals surface area contributed by atoms with Gasteiger partial charge < -0.3 is 15.4 Å². The Morgan fingerprint density at radius 3 is 2.26 bits per heavy atom. The fraction of sp³-hybridized carbons (Fsp3) is 0.344. The lowest BCUT2D eigenvalue weighted by molar-refractivity contribution is 0.0618. The molecule has 2 N–H and O–H groups in total. The highest BCUT2D eigenvalue weighted by atomic mass is 35.5. The van der Waals surface area contributed by atoms with Gasteiger partial charge in [-0.3, -0.25) is 9.10 Å². The lowest BCUT2D eigenvalue weighted by Crippen LogP contribution is -2.40. The Balaban J connectivity index is 0.00000207. The smallest absolute Gasteiger partial charge is 0.266 e. The summed E-state index contributed by atoms with van der Waals surface area (Å²) in [6.45, 7) is 0.256. The molecule has 1 aliphatic rings. The molecule has 6 nitrogen and oxygen atoms in total. The number of benzene rings is 3. The van der Waals surface area contributed by atoms with Crippen molar-refractivity contribution in [3.05, 3.63) is 81.7 Å². The van der Waals surface area contributed by atoms with Crippen molar-refractivity contribution in [2.75, 3.05) is 31.8 Å². The Hall–Kier alpha value is -3.05. The minimum Gasteiger partial charge on any atom is -0.496 e. The molecule has 0 aliphatic heterocycles. The van der Waals surface area contributed by atoms with Crippen LogP contribution in [0.15, 0.2) is 54.6 Å². The third kappa shape index (κ3) is 7.03. The van der Waals surface area contributed by atoms with Crippen LogP contribution in [0.25, 0.3) is 21.2 Å². The average Bonchev–Trinajstić information content (AvgIpc) is 3.40. The number of ether oxygens (including phenoxy) is 1. The number of amides is 1. The zero-order valence-electron chi connectivity index (χ0n) is 24.7. The van der Waals surface area contributed by atoms with Crippen LogP contribution >= 0.6 is 22.9 Å². The number of hydrogen-bond acceptors (Lipinski definition) is 5. The van der Waals surface area contributed by atoms with Crippen molar-refractivity contribution >= 4 is 55.6 Å². The number of methoxy groups -OCH3 is 1. The molecule has 1 aliphatic carbocycles. The molecule has 1 unspecified atom stereocenters. The first kappa shape index (κ1) is 32.9. The standard InChI is InChI=1S/C31H31ClF2N2O3S2.CH5N/c1-35(41(3)38)22-12-9-19(10-13-22)20-11-16-26(39-2)21(17-20)18-36(23-7-5-4-6-8-23)31(37)30-28(32)27-24(33)14-15-25(34)29(27)40-30;1-2/h9-17,23H,4-8,18H2,1-3H3;2H2,1H3. The zero-order valence-corrected chi connectivity index (χ0v) is 27.1. The third-order valence-corrected chi connectivity index (χ3v) is 10.4. The van der Waals surface area contributed by atoms with Gasteiger partial charge in [0.15, 0.2) is 0 Å². The molecular weight excluding hydrogens is 612 g/mol. The summed E-state index contributed by atoms with van der Waals surface area (Å²) in [6, 6.07) is 15.7. The minimum absolute atomic E-state index is 0.0367. The summed E-state index contributed by atoms with van der Waals surface area (Å²) in [5.41, 5.74) is 8.05. The van der Waals surface area contributed by atoms with Crippen LogP contribution in [-0.4, -0.2) is 48.5 Å². The molecule has 1 amide bonds. The van der Waals surface area contributed by atoms with Crippen LogP contribution in [-0.2, 0) is 17.5 Å². The van der Waals surface area contributed by atoms with Gasteiger partial charge in [0.2, 0.25) is 0 Å². The number of halogens is 3. The van der Waals surface area contributed by atoms with Gasteiger partial charge in [-0.25, -0.2) is 13.0 Å². The second-order valence-electron chi connectivity index (χ2n) is 10.2. The fourth-order valence-corrected chi connectivity index (χ4v) is 7.33. The van der Waals surface area contributed by atoms with Crippen molar-refractivity contribution in [1.29, 1.82) is 0 Å². The van der Waals surface area contributed by atoms with Gasteiger partial charge in [-0.15, -0.1) is 11.3 Å². The van der Waals surface area contributed by atoms with Crippen molar-refractivity contribution < 1.29 is 22.5 Å². The van der Waals surface area contributed by atoms with Gasteiger partial charge in [0.05, 0.1) is 22.2 Å². The fourth-order valence-electron chi connectivity index (χ4n) is 5.40. The first-order valence-corrected chi connectivity index (χ1v) is 16.7. The van der Waals surface area contributed by atoms with Crippen LogP contribution in [0.5, 0.6) is 5.75 Å². The number of hydrogen-bond donors (Lipinski definition) is 1. The zero-order chi connectivity index (χ0) is 31.3. The van der Waals surface area contributed by atoms with E-state index in [2.05, 4.69) is 5.73 Å². The maximum atomic E-state index is 14.6. The van der Waals surface area contributed by atoms with Crippen LogP contribution in [0, 0.1) is 11.6 Å². The van der Waals surface area contributed by atoms with Crippen molar-refractivity contribution in [2.24, 2.45) is 5.73 Å². The van der Waals surface area contributed by atoms with Crippen LogP contribution < -0.4 is 14.8 Å². The summed E-state index contributed by atoms with van der Waals surface area (Å²) in [4.78, 5) is 16.0. The predicted molar refractivity (Wildman–Crippen MR) is 175 cm³/mol. The summed E-state index contributed by atoms with van der Waals surface area (Å²) in [5.74, 6) is -0.954. The Bertz CT molecular complexity index is 1610. The molecule has 0 radical (unpaired) electrons. The van der Waals surface area contributed by atoms with Crippen LogP contribution in [0.4, 0.5) is 14.5 Å². The van der Waals surface area contributed by atoms with Crippen molar-refractivity contribution in [3.63, 3.8) is 0 Å². The van der Waals surface area contributed by atoms with E-state index in [1.54, 1.807) is 29.6 Å². The topological polar surface area (TPSA) is 75.9 Å². The number of nitrogens with zero attached hydrogens (tertiary/aromatic N) is 2. The predicted octanol–water partition coefficient (Wildman–Crippen LogP) is 7.79. The molecule has 1 saturated carbocycles. The van der Waals surface area contributed by atoms with Gasteiger partial charge in [0.1, 0.15) is 33.2 Å². The van der Waals surface area contributed by atoms with E-state index in [0.717, 1.165) is 78.0 Å². The normalized spacial score (nSPS) is 14.1. The third-order valence-electron chi connectivity index (χ3n) is 7.72. The van der Waals surface area contributed by atoms with Gasteiger partial charge in [-0.05, 0) is 67.4 Å². The molecule has 0 spiro atoms. The number of carbonyl (C=O) groups is 1. The monoisotopic (exact) mass is 647 g/mol. The van der Waals surface area contributed by atoms with Crippen LogP contribution in [0.3, 0.4) is 0 Å². The first-order chi connectivity index (χ1) is 20.7. The van der Waals surface area contributed by atoms with Crippen molar-refractivity contribution in [2.45, 2.75) is 44.7 Å². The molecule has 3 aromatic carbocycles. The number of thiophene rings is 1. The molecule has 11 heteroatoms. The van der Waals surface area contributed by atoms with E-state index in [9.17, 15) is 17.8 Å².